The van der Waals surface area contributed by atoms with Crippen molar-refractivity contribution in [2.24, 2.45) is 7.05 Å². The molecule has 9 heteroatoms. The van der Waals surface area contributed by atoms with Crippen LogP contribution < -0.4 is 5.32 Å². The van der Waals surface area contributed by atoms with Crippen molar-refractivity contribution in [2.45, 2.75) is 43.8 Å². The summed E-state index contributed by atoms with van der Waals surface area (Å²) in [6.45, 7) is 1.74. The summed E-state index contributed by atoms with van der Waals surface area (Å²) in [6.07, 6.45) is 1.93. The molecule has 1 fully saturated rings. The number of sulfonamides is 1. The lowest BCUT2D eigenvalue weighted by Crippen LogP contribution is -2.29. The summed E-state index contributed by atoms with van der Waals surface area (Å²) in [6, 6.07) is 3.94. The number of aryl methyl sites for hydroxylation is 2. The Morgan fingerprint density at radius 2 is 2.04 bits per heavy atom. The van der Waals surface area contributed by atoms with Crippen molar-refractivity contribution in [3.63, 3.8) is 0 Å². The van der Waals surface area contributed by atoms with E-state index < -0.39 is 15.8 Å². The molecule has 1 aromatic carbocycles. The van der Waals surface area contributed by atoms with Gasteiger partial charge in [-0.3, -0.25) is 9.48 Å². The van der Waals surface area contributed by atoms with Gasteiger partial charge < -0.3 is 5.32 Å². The van der Waals surface area contributed by atoms with Crippen LogP contribution in [0.25, 0.3) is 0 Å². The maximum Gasteiger partial charge on any atom is 0.272 e. The van der Waals surface area contributed by atoms with Crippen molar-refractivity contribution in [1.82, 2.24) is 19.4 Å². The van der Waals surface area contributed by atoms with E-state index in [9.17, 15) is 17.6 Å². The molecule has 138 valence electrons. The first kappa shape index (κ1) is 17.2. The summed E-state index contributed by atoms with van der Waals surface area (Å²) in [5.41, 5.74) is 1.89. The largest absolute Gasteiger partial charge is 0.348 e. The van der Waals surface area contributed by atoms with Crippen molar-refractivity contribution >= 4 is 15.9 Å². The lowest BCUT2D eigenvalue weighted by molar-refractivity contribution is 0.0944. The Kier molecular flexibility index (Phi) is 3.89. The highest BCUT2D eigenvalue weighted by Gasteiger charge is 2.37. The number of aromatic nitrogens is 2. The van der Waals surface area contributed by atoms with E-state index >= 15 is 0 Å². The zero-order valence-corrected chi connectivity index (χ0v) is 15.3. The highest BCUT2D eigenvalue weighted by Crippen LogP contribution is 2.31. The molecule has 1 N–H and O–H groups in total. The van der Waals surface area contributed by atoms with E-state index in [4.69, 9.17) is 0 Å². The quantitative estimate of drug-likeness (QED) is 0.873. The summed E-state index contributed by atoms with van der Waals surface area (Å²) in [4.78, 5) is 12.4. The Hall–Kier alpha value is -2.26. The van der Waals surface area contributed by atoms with Gasteiger partial charge in [-0.1, -0.05) is 0 Å². The van der Waals surface area contributed by atoms with Crippen molar-refractivity contribution in [1.29, 1.82) is 0 Å². The fraction of sp³-hybridized carbons (Fsp3) is 0.412. The molecular formula is C17H19FN4O3S. The van der Waals surface area contributed by atoms with E-state index in [1.54, 1.807) is 11.7 Å². The minimum atomic E-state index is -3.79. The van der Waals surface area contributed by atoms with Gasteiger partial charge >= 0.3 is 0 Å². The van der Waals surface area contributed by atoms with Gasteiger partial charge in [0.2, 0.25) is 10.0 Å². The predicted molar refractivity (Wildman–Crippen MR) is 91.3 cm³/mol. The van der Waals surface area contributed by atoms with Gasteiger partial charge in [-0.2, -0.15) is 9.40 Å². The van der Waals surface area contributed by atoms with Crippen LogP contribution in [0.4, 0.5) is 4.39 Å². The number of rotatable bonds is 4. The smallest absolute Gasteiger partial charge is 0.272 e. The normalized spacial score (nSPS) is 17.3. The molecule has 0 saturated heterocycles. The fourth-order valence-corrected chi connectivity index (χ4v) is 4.58. The lowest BCUT2D eigenvalue weighted by atomic mass is 10.2. The van der Waals surface area contributed by atoms with Gasteiger partial charge in [-0.15, -0.1) is 0 Å². The first-order chi connectivity index (χ1) is 12.3. The van der Waals surface area contributed by atoms with Crippen LogP contribution in [0.2, 0.25) is 0 Å². The molecule has 0 unspecified atom stereocenters. The Balaban J connectivity index is 1.63. The van der Waals surface area contributed by atoms with Crippen molar-refractivity contribution in [2.75, 3.05) is 0 Å². The van der Waals surface area contributed by atoms with E-state index in [1.165, 1.54) is 23.4 Å². The van der Waals surface area contributed by atoms with Gasteiger partial charge in [0.15, 0.2) is 5.69 Å². The topological polar surface area (TPSA) is 84.3 Å². The van der Waals surface area contributed by atoms with E-state index in [1.807, 2.05) is 0 Å². The van der Waals surface area contributed by atoms with Gasteiger partial charge in [0.25, 0.3) is 5.91 Å². The number of hydrogen-bond acceptors (Lipinski definition) is 4. The number of nitrogens with zero attached hydrogens (tertiary/aromatic N) is 3. The lowest BCUT2D eigenvalue weighted by Gasteiger charge is -2.17. The maximum absolute atomic E-state index is 13.5. The molecule has 0 bridgehead atoms. The number of carbonyl (C=O) groups is 1. The third-order valence-electron chi connectivity index (χ3n) is 4.83. The van der Waals surface area contributed by atoms with Gasteiger partial charge in [-0.25, -0.2) is 12.8 Å². The summed E-state index contributed by atoms with van der Waals surface area (Å²) >= 11 is 0. The number of nitrogens with one attached hydrogen (secondary N) is 1. The molecule has 1 amide bonds. The average Bonchev–Trinajstić information content (AvgIpc) is 3.18. The molecule has 0 atom stereocenters. The van der Waals surface area contributed by atoms with Gasteiger partial charge in [0.1, 0.15) is 5.82 Å². The molecule has 26 heavy (non-hydrogen) atoms. The Bertz CT molecular complexity index is 1010. The van der Waals surface area contributed by atoms with Crippen LogP contribution in [-0.2, 0) is 30.2 Å². The molecule has 4 rings (SSSR count). The summed E-state index contributed by atoms with van der Waals surface area (Å²) in [7, 11) is -2.09. The van der Waals surface area contributed by atoms with E-state index in [0.717, 1.165) is 18.9 Å². The van der Waals surface area contributed by atoms with Crippen molar-refractivity contribution in [3.8, 4) is 0 Å². The number of hydrogen-bond donors (Lipinski definition) is 1. The van der Waals surface area contributed by atoms with E-state index in [-0.39, 0.29) is 41.2 Å². The van der Waals surface area contributed by atoms with Crippen LogP contribution in [-0.4, -0.2) is 34.5 Å². The summed E-state index contributed by atoms with van der Waals surface area (Å²) in [5.74, 6) is -0.710. The molecule has 1 aromatic heterocycles. The maximum atomic E-state index is 13.5. The molecule has 0 radical (unpaired) electrons. The zero-order valence-electron chi connectivity index (χ0n) is 14.5. The Morgan fingerprint density at radius 1 is 1.31 bits per heavy atom. The molecule has 2 aliphatic rings. The van der Waals surface area contributed by atoms with Crippen LogP contribution in [0.5, 0.6) is 0 Å². The van der Waals surface area contributed by atoms with Gasteiger partial charge in [0.05, 0.1) is 17.1 Å². The molecule has 2 aromatic rings. The van der Waals surface area contributed by atoms with Crippen LogP contribution in [0.15, 0.2) is 23.1 Å². The molecule has 1 aliphatic heterocycles. The predicted octanol–water partition coefficient (Wildman–Crippen LogP) is 1.46. The van der Waals surface area contributed by atoms with E-state index in [0.29, 0.717) is 11.3 Å². The minimum Gasteiger partial charge on any atom is -0.348 e. The van der Waals surface area contributed by atoms with Crippen LogP contribution >= 0.6 is 0 Å². The highest BCUT2D eigenvalue weighted by atomic mass is 32.2. The average molecular weight is 378 g/mol. The number of amides is 1. The molecule has 7 nitrogen and oxygen atoms in total. The van der Waals surface area contributed by atoms with E-state index in [2.05, 4.69) is 10.4 Å². The molecule has 0 spiro atoms. The highest BCUT2D eigenvalue weighted by molar-refractivity contribution is 7.89. The minimum absolute atomic E-state index is 0.0427. The second-order valence-corrected chi connectivity index (χ2v) is 8.77. The van der Waals surface area contributed by atoms with Crippen LogP contribution in [0.3, 0.4) is 0 Å². The standard InChI is InChI=1S/C17H19FN4O3S/c1-10-7-12(5-6-14(10)18)26(24,25)22-8-13-15(9-22)21(2)20-16(13)17(23)19-11-3-4-11/h5-7,11H,3-4,8-9H2,1-2H3,(H,19,23). The molecular weight excluding hydrogens is 359 g/mol. The number of halogens is 1. The van der Waals surface area contributed by atoms with Crippen LogP contribution in [0, 0.1) is 12.7 Å². The summed E-state index contributed by atoms with van der Waals surface area (Å²) in [5, 5.41) is 7.15. The SMILES string of the molecule is Cc1cc(S(=O)(=O)N2Cc3c(C(=O)NC4CC4)nn(C)c3C2)ccc1F. The molecule has 2 heterocycles. The number of benzene rings is 1. The monoisotopic (exact) mass is 378 g/mol. The Morgan fingerprint density at radius 3 is 2.69 bits per heavy atom. The second-order valence-electron chi connectivity index (χ2n) is 6.83. The van der Waals surface area contributed by atoms with Crippen molar-refractivity contribution < 1.29 is 17.6 Å². The van der Waals surface area contributed by atoms with Gasteiger partial charge in [0, 0.05) is 25.2 Å². The second kappa shape index (κ2) is 5.88. The Labute approximate surface area is 150 Å². The van der Waals surface area contributed by atoms with Crippen LogP contribution in [0.1, 0.15) is 40.2 Å². The van der Waals surface area contributed by atoms with Gasteiger partial charge in [-0.05, 0) is 43.5 Å². The first-order valence-electron chi connectivity index (χ1n) is 8.39. The van der Waals surface area contributed by atoms with Crippen molar-refractivity contribution in [3.05, 3.63) is 46.5 Å². The number of fused-ring (bicyclic) bond motifs is 1. The third kappa shape index (κ3) is 2.80. The summed E-state index contributed by atoms with van der Waals surface area (Å²) < 4.78 is 42.2. The first-order valence-corrected chi connectivity index (χ1v) is 9.83. The number of carbonyl (C=O) groups excluding carboxylic acids is 1. The fourth-order valence-electron chi connectivity index (χ4n) is 3.13. The molecule has 1 saturated carbocycles. The zero-order chi connectivity index (χ0) is 18.6. The third-order valence-corrected chi connectivity index (χ3v) is 6.62. The molecule has 1 aliphatic carbocycles.